The third-order valence-corrected chi connectivity index (χ3v) is 3.88. The highest BCUT2D eigenvalue weighted by Crippen LogP contribution is 2.19. The Kier molecular flexibility index (Phi) is 6.98. The number of hydrogen-bond donors (Lipinski definition) is 4. The number of hydrogen-bond acceptors (Lipinski definition) is 3. The van der Waals surface area contributed by atoms with Crippen molar-refractivity contribution in [3.05, 3.63) is 54.1 Å². The molecule has 2 rings (SSSR count). The zero-order chi connectivity index (χ0) is 21.6. The summed E-state index contributed by atoms with van der Waals surface area (Å²) in [4.78, 5) is 36.4. The predicted molar refractivity (Wildman–Crippen MR) is 116 cm³/mol. The maximum Gasteiger partial charge on any atom is 0.319 e. The van der Waals surface area contributed by atoms with Gasteiger partial charge < -0.3 is 21.3 Å². The van der Waals surface area contributed by atoms with Gasteiger partial charge in [-0.1, -0.05) is 26.8 Å². The van der Waals surface area contributed by atoms with E-state index in [9.17, 15) is 14.4 Å². The summed E-state index contributed by atoms with van der Waals surface area (Å²) in [5.41, 5.74) is 1.67. The molecule has 0 aliphatic heterocycles. The fourth-order valence-electron chi connectivity index (χ4n) is 2.33. The van der Waals surface area contributed by atoms with Gasteiger partial charge in [0.25, 0.3) is 5.91 Å². The van der Waals surface area contributed by atoms with Gasteiger partial charge in [-0.25, -0.2) is 4.79 Å². The quantitative estimate of drug-likeness (QED) is 0.601. The molecule has 29 heavy (non-hydrogen) atoms. The normalized spacial score (nSPS) is 11.0. The molecule has 2 aromatic carbocycles. The van der Waals surface area contributed by atoms with Crippen LogP contribution < -0.4 is 21.3 Å². The Morgan fingerprint density at radius 1 is 0.793 bits per heavy atom. The van der Waals surface area contributed by atoms with Crippen molar-refractivity contribution < 1.29 is 14.4 Å². The molecule has 2 aromatic rings. The average Bonchev–Trinajstić information content (AvgIpc) is 2.62. The number of nitrogens with one attached hydrogen (secondary N) is 4. The van der Waals surface area contributed by atoms with Crippen LogP contribution in [0.2, 0.25) is 0 Å². The Labute approximate surface area is 171 Å². The molecule has 0 bridgehead atoms. The number of carbonyl (C=O) groups excluding carboxylic acids is 3. The van der Waals surface area contributed by atoms with Crippen LogP contribution >= 0.6 is 0 Å². The second-order valence-corrected chi connectivity index (χ2v) is 8.07. The molecule has 0 fully saturated rings. The fraction of sp³-hybridized carbons (Fsp3) is 0.318. The van der Waals surface area contributed by atoms with Crippen molar-refractivity contribution in [2.75, 3.05) is 16.0 Å². The van der Waals surface area contributed by atoms with Gasteiger partial charge in [0.2, 0.25) is 5.91 Å². The number of carbonyl (C=O) groups is 3. The zero-order valence-electron chi connectivity index (χ0n) is 17.4. The van der Waals surface area contributed by atoms with Gasteiger partial charge >= 0.3 is 6.03 Å². The number of benzene rings is 2. The number of rotatable bonds is 5. The van der Waals surface area contributed by atoms with Crippen LogP contribution in [0.3, 0.4) is 0 Å². The second kappa shape index (κ2) is 9.23. The van der Waals surface area contributed by atoms with Crippen molar-refractivity contribution in [2.24, 2.45) is 5.41 Å². The first kappa shape index (κ1) is 21.9. The Bertz CT molecular complexity index is 884. The summed E-state index contributed by atoms with van der Waals surface area (Å²) in [6.45, 7) is 9.22. The highest BCUT2D eigenvalue weighted by atomic mass is 16.2. The molecule has 0 spiro atoms. The SMILES string of the molecule is CC(C)NC(=O)Nc1ccc(NC(=O)c2cccc(NC(=O)C(C)(C)C)c2)cc1. The van der Waals surface area contributed by atoms with Crippen molar-refractivity contribution in [2.45, 2.75) is 40.7 Å². The van der Waals surface area contributed by atoms with Crippen LogP contribution in [0.5, 0.6) is 0 Å². The van der Waals surface area contributed by atoms with Crippen LogP contribution in [0.4, 0.5) is 21.9 Å². The van der Waals surface area contributed by atoms with E-state index in [0.717, 1.165) is 0 Å². The molecule has 0 atom stereocenters. The molecule has 4 amide bonds. The van der Waals surface area contributed by atoms with E-state index < -0.39 is 5.41 Å². The lowest BCUT2D eigenvalue weighted by atomic mass is 9.95. The Morgan fingerprint density at radius 3 is 1.93 bits per heavy atom. The van der Waals surface area contributed by atoms with Gasteiger partial charge in [-0.2, -0.15) is 0 Å². The minimum Gasteiger partial charge on any atom is -0.336 e. The Balaban J connectivity index is 2.00. The molecule has 7 nitrogen and oxygen atoms in total. The maximum atomic E-state index is 12.5. The molecule has 0 unspecified atom stereocenters. The van der Waals surface area contributed by atoms with Crippen LogP contribution in [0, 0.1) is 5.41 Å². The van der Waals surface area contributed by atoms with Gasteiger partial charge in [-0.05, 0) is 56.3 Å². The highest BCUT2D eigenvalue weighted by Gasteiger charge is 2.21. The maximum absolute atomic E-state index is 12.5. The predicted octanol–water partition coefficient (Wildman–Crippen LogP) is 4.45. The molecule has 0 saturated carbocycles. The van der Waals surface area contributed by atoms with Crippen LogP contribution in [-0.2, 0) is 4.79 Å². The number of urea groups is 1. The van der Waals surface area contributed by atoms with E-state index in [2.05, 4.69) is 21.3 Å². The molecule has 7 heteroatoms. The summed E-state index contributed by atoms with van der Waals surface area (Å²) in [6.07, 6.45) is 0. The van der Waals surface area contributed by atoms with Gasteiger partial charge in [-0.15, -0.1) is 0 Å². The summed E-state index contributed by atoms with van der Waals surface area (Å²) in [7, 11) is 0. The topological polar surface area (TPSA) is 99.3 Å². The lowest BCUT2D eigenvalue weighted by Gasteiger charge is -2.18. The first-order valence-electron chi connectivity index (χ1n) is 9.45. The Hall–Kier alpha value is -3.35. The smallest absolute Gasteiger partial charge is 0.319 e. The van der Waals surface area contributed by atoms with Gasteiger partial charge in [0, 0.05) is 34.1 Å². The van der Waals surface area contributed by atoms with Gasteiger partial charge in [0.1, 0.15) is 0 Å². The highest BCUT2D eigenvalue weighted by molar-refractivity contribution is 6.05. The van der Waals surface area contributed by atoms with Crippen LogP contribution in [0.1, 0.15) is 45.0 Å². The molecule has 0 aromatic heterocycles. The van der Waals surface area contributed by atoms with Crippen molar-refractivity contribution in [1.29, 1.82) is 0 Å². The molecule has 4 N–H and O–H groups in total. The molecule has 0 aliphatic carbocycles. The number of amides is 4. The average molecular weight is 396 g/mol. The summed E-state index contributed by atoms with van der Waals surface area (Å²) in [5, 5.41) is 11.1. The van der Waals surface area contributed by atoms with E-state index in [1.165, 1.54) is 0 Å². The largest absolute Gasteiger partial charge is 0.336 e. The summed E-state index contributed by atoms with van der Waals surface area (Å²) in [5.74, 6) is -0.422. The first-order valence-corrected chi connectivity index (χ1v) is 9.45. The molecule has 0 aliphatic rings. The lowest BCUT2D eigenvalue weighted by molar-refractivity contribution is -0.123. The monoisotopic (exact) mass is 396 g/mol. The van der Waals surface area contributed by atoms with E-state index in [1.54, 1.807) is 48.5 Å². The summed E-state index contributed by atoms with van der Waals surface area (Å²) < 4.78 is 0. The number of anilines is 3. The third kappa shape index (κ3) is 6.95. The molecular weight excluding hydrogens is 368 g/mol. The van der Waals surface area contributed by atoms with Gasteiger partial charge in [-0.3, -0.25) is 9.59 Å². The zero-order valence-corrected chi connectivity index (χ0v) is 17.4. The van der Waals surface area contributed by atoms with Gasteiger partial charge in [0.05, 0.1) is 0 Å². The van der Waals surface area contributed by atoms with Crippen molar-refractivity contribution >= 4 is 34.9 Å². The van der Waals surface area contributed by atoms with E-state index in [0.29, 0.717) is 22.6 Å². The van der Waals surface area contributed by atoms with Crippen molar-refractivity contribution in [3.8, 4) is 0 Å². The minimum absolute atomic E-state index is 0.0394. The summed E-state index contributed by atoms with van der Waals surface area (Å²) in [6, 6.07) is 13.3. The van der Waals surface area contributed by atoms with Crippen LogP contribution in [0.25, 0.3) is 0 Å². The molecular formula is C22H28N4O3. The molecule has 0 heterocycles. The van der Waals surface area contributed by atoms with Crippen LogP contribution in [-0.4, -0.2) is 23.9 Å². The van der Waals surface area contributed by atoms with E-state index in [-0.39, 0.29) is 23.9 Å². The fourth-order valence-corrected chi connectivity index (χ4v) is 2.33. The third-order valence-electron chi connectivity index (χ3n) is 3.88. The van der Waals surface area contributed by atoms with Gasteiger partial charge in [0.15, 0.2) is 0 Å². The second-order valence-electron chi connectivity index (χ2n) is 8.07. The van der Waals surface area contributed by atoms with Crippen LogP contribution in [0.15, 0.2) is 48.5 Å². The Morgan fingerprint density at radius 2 is 1.38 bits per heavy atom. The van der Waals surface area contributed by atoms with Crippen molar-refractivity contribution in [3.63, 3.8) is 0 Å². The minimum atomic E-state index is -0.528. The molecule has 0 radical (unpaired) electrons. The standard InChI is InChI=1S/C22H28N4O3/c1-14(2)23-21(29)26-17-11-9-16(10-12-17)24-19(27)15-7-6-8-18(13-15)25-20(28)22(3,4)5/h6-14H,1-5H3,(H,24,27)(H,25,28)(H2,23,26,29). The molecule has 0 saturated heterocycles. The lowest BCUT2D eigenvalue weighted by Crippen LogP contribution is -2.34. The first-order chi connectivity index (χ1) is 13.5. The van der Waals surface area contributed by atoms with Crippen molar-refractivity contribution in [1.82, 2.24) is 5.32 Å². The summed E-state index contributed by atoms with van der Waals surface area (Å²) >= 11 is 0. The molecule has 154 valence electrons. The van der Waals surface area contributed by atoms with E-state index >= 15 is 0 Å². The van der Waals surface area contributed by atoms with E-state index in [4.69, 9.17) is 0 Å². The van der Waals surface area contributed by atoms with E-state index in [1.807, 2.05) is 34.6 Å².